The zero-order chi connectivity index (χ0) is 44.3. The molecule has 0 amide bonds. The van der Waals surface area contributed by atoms with E-state index >= 15 is 0 Å². The normalized spacial score (nSPS) is 29.6. The van der Waals surface area contributed by atoms with Crippen molar-refractivity contribution in [1.82, 2.24) is 19.4 Å². The molecule has 3 N–H and O–H groups in total. The van der Waals surface area contributed by atoms with Crippen molar-refractivity contribution in [3.05, 3.63) is 120 Å². The predicted octanol–water partition coefficient (Wildman–Crippen LogP) is 8.34. The molecule has 62 heavy (non-hydrogen) atoms. The molecular formula is C44H54Cl5N5O8. The number of imidazole rings is 1. The topological polar surface area (TPSA) is 172 Å². The van der Waals surface area contributed by atoms with Gasteiger partial charge in [-0.05, 0) is 93.0 Å². The Kier molecular flexibility index (Phi) is 16.8. The van der Waals surface area contributed by atoms with Crippen LogP contribution in [-0.4, -0.2) is 103 Å². The van der Waals surface area contributed by atoms with Gasteiger partial charge in [-0.3, -0.25) is 14.5 Å². The highest BCUT2D eigenvalue weighted by molar-refractivity contribution is 6.35. The van der Waals surface area contributed by atoms with Gasteiger partial charge in [0.1, 0.15) is 11.7 Å². The summed E-state index contributed by atoms with van der Waals surface area (Å²) in [6.07, 6.45) is 13.4. The van der Waals surface area contributed by atoms with Crippen LogP contribution in [0.3, 0.4) is 0 Å². The number of piperazine rings is 1. The van der Waals surface area contributed by atoms with E-state index in [0.717, 1.165) is 62.1 Å². The lowest BCUT2D eigenvalue weighted by molar-refractivity contribution is -0.742. The number of aliphatic hydroxyl groups excluding tert-OH is 1. The number of Topliss-reactive ketones (excluding diaryl/α,β-unsaturated/α-hetero) is 1. The molecule has 2 aromatic carbocycles. The number of carbonyl (C=O) groups excluding carboxylic acids is 2. The van der Waals surface area contributed by atoms with Crippen LogP contribution >= 0.6 is 58.8 Å². The van der Waals surface area contributed by atoms with Crippen LogP contribution in [0.5, 0.6) is 0 Å². The van der Waals surface area contributed by atoms with Crippen molar-refractivity contribution in [2.45, 2.75) is 76.9 Å². The van der Waals surface area contributed by atoms with Crippen LogP contribution in [-0.2, 0) is 27.5 Å². The Morgan fingerprint density at radius 1 is 1.05 bits per heavy atom. The van der Waals surface area contributed by atoms with Crippen LogP contribution in [0.4, 0.5) is 0 Å². The lowest BCUT2D eigenvalue weighted by Gasteiger charge is -2.59. The first-order valence-corrected chi connectivity index (χ1v) is 21.9. The molecule has 3 aromatic rings. The Hall–Kier alpha value is -3.08. The Balaban J connectivity index is 0.000000218. The summed E-state index contributed by atoms with van der Waals surface area (Å²) in [5, 5.41) is 39.3. The summed E-state index contributed by atoms with van der Waals surface area (Å²) in [6, 6.07) is 10.7. The first-order valence-electron chi connectivity index (χ1n) is 20.4. The first-order chi connectivity index (χ1) is 28.8. The average Bonchev–Trinajstić information content (AvgIpc) is 3.80. The number of likely N-dealkylation sites (N-methyl/N-ethyl adjacent to an activating group) is 1. The maximum Gasteiger partial charge on any atom is 0.291 e. The first kappa shape index (κ1) is 49.9. The smallest absolute Gasteiger partial charge is 0.291 e. The van der Waals surface area contributed by atoms with Gasteiger partial charge in [-0.2, -0.15) is 0 Å². The number of nitrogens with zero attached hydrogens (tertiary/aromatic N) is 5. The lowest BCUT2D eigenvalue weighted by atomic mass is 9.46. The second-order valence-electron chi connectivity index (χ2n) is 17.3. The zero-order valence-corrected chi connectivity index (χ0v) is 38.7. The van der Waals surface area contributed by atoms with Crippen molar-refractivity contribution in [3.8, 4) is 0 Å². The summed E-state index contributed by atoms with van der Waals surface area (Å²) >= 11 is 24.5. The molecule has 1 saturated heterocycles. The largest absolute Gasteiger partial charge is 0.393 e. The summed E-state index contributed by atoms with van der Waals surface area (Å²) in [5.74, 6) is 0.454. The van der Waals surface area contributed by atoms with Crippen molar-refractivity contribution < 1.29 is 34.8 Å². The maximum atomic E-state index is 13.5. The van der Waals surface area contributed by atoms with Crippen molar-refractivity contribution in [3.63, 3.8) is 0 Å². The highest BCUT2D eigenvalue weighted by atomic mass is 35.5. The number of rotatable bonds is 9. The Bertz CT molecular complexity index is 2130. The van der Waals surface area contributed by atoms with E-state index in [4.69, 9.17) is 66.5 Å². The standard InChI is InChI=1S/C26H38N2O4.C18H14Cl4N2O.ClH.HNO3/c1-24-8-6-18(29)14-17(24)4-5-19-20-7-9-26(32,25(20,2)15-21(30)23(19)24)22(31)16-28-12-10-27(3)11-13-28;19-13-2-1-12(16(21)7-13)10-25-18(9-24-6-5-23-11-24)15-4-3-14(20)8-17(15)22;;2-1(3)4/h6,8,14,19-21,23,30,32H,4-5,7,9-13,15-16H2,1-3H3;1-8,11,18H,9-10H2;1H;(H,2,3,4)/t19-,20-,21-,23+,24-,25-,26-;;;/m0.../s1. The second kappa shape index (κ2) is 20.8. The molecule has 1 aromatic heterocycles. The van der Waals surface area contributed by atoms with Gasteiger partial charge in [0.15, 0.2) is 11.6 Å². The van der Waals surface area contributed by atoms with E-state index in [1.54, 1.807) is 48.9 Å². The molecular weight excluding hydrogens is 904 g/mol. The van der Waals surface area contributed by atoms with Crippen molar-refractivity contribution in [2.75, 3.05) is 39.8 Å². The van der Waals surface area contributed by atoms with Crippen LogP contribution in [0.1, 0.15) is 63.2 Å². The molecule has 3 saturated carbocycles. The van der Waals surface area contributed by atoms with E-state index in [0.29, 0.717) is 52.6 Å². The van der Waals surface area contributed by atoms with E-state index in [2.05, 4.69) is 35.7 Å². The van der Waals surface area contributed by atoms with Crippen LogP contribution in [0.2, 0.25) is 20.1 Å². The van der Waals surface area contributed by atoms with Gasteiger partial charge in [-0.25, -0.2) is 4.98 Å². The number of hydrogen-bond acceptors (Lipinski definition) is 10. The molecule has 0 bridgehead atoms. The molecule has 5 aliphatic rings. The Labute approximate surface area is 388 Å². The van der Waals surface area contributed by atoms with E-state index in [1.165, 1.54) is 0 Å². The SMILES string of the molecule is CN1CCN(CC(=O)[C@@]2(O)CC[C@H]3[C@@H]4CCC5=CC(=O)C=C[C@]5(C)[C@H]4[C@@H](O)C[C@@]32C)CC1.Cl.Clc1ccc(COC(Cn2ccnc2)c2ccc(Cl)cc2Cl)c(Cl)c1.O=[N+]([O-])O. The van der Waals surface area contributed by atoms with Gasteiger partial charge in [-0.1, -0.05) is 84.0 Å². The summed E-state index contributed by atoms with van der Waals surface area (Å²) < 4.78 is 8.05. The molecule has 0 radical (unpaired) electrons. The van der Waals surface area contributed by atoms with Crippen molar-refractivity contribution in [1.29, 1.82) is 0 Å². The average molecular weight is 958 g/mol. The van der Waals surface area contributed by atoms with E-state index in [1.807, 2.05) is 29.0 Å². The molecule has 1 unspecified atom stereocenters. The predicted molar refractivity (Wildman–Crippen MR) is 241 cm³/mol. The zero-order valence-electron chi connectivity index (χ0n) is 34.8. The van der Waals surface area contributed by atoms with Gasteiger partial charge < -0.3 is 29.6 Å². The molecule has 0 spiro atoms. The maximum absolute atomic E-state index is 13.5. The molecule has 338 valence electrons. The van der Waals surface area contributed by atoms with E-state index < -0.39 is 22.2 Å². The Morgan fingerprint density at radius 3 is 2.34 bits per heavy atom. The summed E-state index contributed by atoms with van der Waals surface area (Å²) in [7, 11) is 2.10. The molecule has 18 heteroatoms. The lowest BCUT2D eigenvalue weighted by Crippen LogP contribution is -2.62. The number of hydrogen-bond donors (Lipinski definition) is 3. The number of aromatic nitrogens is 2. The highest BCUT2D eigenvalue weighted by Gasteiger charge is 2.68. The summed E-state index contributed by atoms with van der Waals surface area (Å²) in [4.78, 5) is 42.4. The highest BCUT2D eigenvalue weighted by Crippen LogP contribution is 2.67. The number of ether oxygens (including phenoxy) is 1. The molecule has 4 fully saturated rings. The summed E-state index contributed by atoms with van der Waals surface area (Å²) in [6.45, 7) is 8.99. The third kappa shape index (κ3) is 10.9. The number of fused-ring (bicyclic) bond motifs is 5. The number of halogens is 5. The molecule has 2 heterocycles. The minimum Gasteiger partial charge on any atom is -0.393 e. The second-order valence-corrected chi connectivity index (χ2v) is 19.0. The number of carbonyl (C=O) groups is 2. The quantitative estimate of drug-likeness (QED) is 0.139. The van der Waals surface area contributed by atoms with Crippen molar-refractivity contribution in [2.24, 2.45) is 28.6 Å². The molecule has 4 aliphatic carbocycles. The van der Waals surface area contributed by atoms with Crippen LogP contribution < -0.4 is 0 Å². The minimum absolute atomic E-state index is 0. The van der Waals surface area contributed by atoms with Gasteiger partial charge in [0.25, 0.3) is 5.09 Å². The minimum atomic E-state index is -1.50. The number of aliphatic hydroxyl groups is 2. The number of allylic oxidation sites excluding steroid dienone is 4. The fourth-order valence-corrected chi connectivity index (χ4v) is 11.5. The monoisotopic (exact) mass is 955 g/mol. The van der Waals surface area contributed by atoms with Crippen LogP contribution in [0.25, 0.3) is 0 Å². The molecule has 8 atom stereocenters. The van der Waals surface area contributed by atoms with Crippen LogP contribution in [0, 0.1) is 38.7 Å². The fraction of sp³-hybridized carbons (Fsp3) is 0.523. The van der Waals surface area contributed by atoms with Gasteiger partial charge in [0.2, 0.25) is 0 Å². The van der Waals surface area contributed by atoms with Gasteiger partial charge in [0.05, 0.1) is 32.1 Å². The van der Waals surface area contributed by atoms with Gasteiger partial charge in [-0.15, -0.1) is 22.5 Å². The Morgan fingerprint density at radius 2 is 1.71 bits per heavy atom. The fourth-order valence-electron chi connectivity index (χ4n) is 10.5. The molecule has 1 aliphatic heterocycles. The van der Waals surface area contributed by atoms with Crippen LogP contribution in [0.15, 0.2) is 78.9 Å². The van der Waals surface area contributed by atoms with Gasteiger partial charge >= 0.3 is 0 Å². The van der Waals surface area contributed by atoms with Gasteiger partial charge in [0, 0.05) is 81.0 Å². The number of benzene rings is 2. The van der Waals surface area contributed by atoms with Crippen molar-refractivity contribution >= 4 is 70.4 Å². The molecule has 8 rings (SSSR count). The van der Waals surface area contributed by atoms with E-state index in [-0.39, 0.29) is 53.2 Å². The molecule has 13 nitrogen and oxygen atoms in total. The third-order valence-corrected chi connectivity index (χ3v) is 14.9. The van der Waals surface area contributed by atoms with E-state index in [9.17, 15) is 19.8 Å². The third-order valence-electron chi connectivity index (χ3n) is 13.8. The summed E-state index contributed by atoms with van der Waals surface area (Å²) in [5.41, 5.74) is 0.540. The number of ketones is 2.